The minimum Gasteiger partial charge on any atom is -0.361 e. The number of H-pyrrole nitrogens is 1. The number of hydrogen-bond donors (Lipinski definition) is 1. The topological polar surface area (TPSA) is 75.0 Å². The zero-order chi connectivity index (χ0) is 19.7. The molecule has 1 aliphatic rings. The van der Waals surface area contributed by atoms with Gasteiger partial charge in [0.05, 0.1) is 0 Å². The van der Waals surface area contributed by atoms with Crippen LogP contribution in [0, 0.1) is 0 Å². The number of rotatable bonds is 4. The highest BCUT2D eigenvalue weighted by Crippen LogP contribution is 2.29. The monoisotopic (exact) mass is 378 g/mol. The molecule has 6 nitrogen and oxygen atoms in total. The van der Waals surface area contributed by atoms with E-state index in [9.17, 15) is 4.79 Å². The maximum atomic E-state index is 12.6. The Morgan fingerprint density at radius 3 is 2.82 bits per heavy atom. The summed E-state index contributed by atoms with van der Waals surface area (Å²) >= 11 is 0. The molecule has 1 amide bonds. The van der Waals surface area contributed by atoms with Gasteiger partial charge in [0.15, 0.2) is 5.82 Å². The summed E-state index contributed by atoms with van der Waals surface area (Å²) in [7, 11) is 0. The Hall–Kier alpha value is -2.89. The molecule has 1 aromatic carbocycles. The molecular formula is C22H26N4O2. The average molecular weight is 378 g/mol. The summed E-state index contributed by atoms with van der Waals surface area (Å²) in [5.74, 6) is 1.34. The number of carbonyl (C=O) groups excluding carboxylic acids is 1. The van der Waals surface area contributed by atoms with E-state index in [1.807, 2.05) is 31.7 Å². The van der Waals surface area contributed by atoms with Crippen molar-refractivity contribution in [2.45, 2.75) is 45.4 Å². The van der Waals surface area contributed by atoms with E-state index in [0.29, 0.717) is 31.1 Å². The number of aromatic nitrogens is 3. The van der Waals surface area contributed by atoms with Crippen LogP contribution < -0.4 is 0 Å². The third kappa shape index (κ3) is 3.72. The summed E-state index contributed by atoms with van der Waals surface area (Å²) < 4.78 is 5.29. The summed E-state index contributed by atoms with van der Waals surface area (Å²) in [5, 5.41) is 5.25. The van der Waals surface area contributed by atoms with E-state index in [1.165, 1.54) is 16.5 Å². The van der Waals surface area contributed by atoms with Crippen molar-refractivity contribution in [1.29, 1.82) is 0 Å². The SMILES string of the molecule is CC(C)(C)c1noc(CCC(=O)N2CC=C(c3c[nH]c4ccccc34)CC2)n1. The maximum absolute atomic E-state index is 12.6. The zero-order valence-corrected chi connectivity index (χ0v) is 16.7. The second-order valence-corrected chi connectivity index (χ2v) is 8.33. The van der Waals surface area contributed by atoms with E-state index in [-0.39, 0.29) is 11.3 Å². The first-order chi connectivity index (χ1) is 13.4. The summed E-state index contributed by atoms with van der Waals surface area (Å²) in [6, 6.07) is 8.31. The molecule has 0 fully saturated rings. The lowest BCUT2D eigenvalue weighted by molar-refractivity contribution is -0.130. The molecule has 2 aromatic heterocycles. The summed E-state index contributed by atoms with van der Waals surface area (Å²) in [4.78, 5) is 22.2. The first kappa shape index (κ1) is 18.5. The Morgan fingerprint density at radius 1 is 1.29 bits per heavy atom. The third-order valence-corrected chi connectivity index (χ3v) is 5.19. The van der Waals surface area contributed by atoms with Crippen LogP contribution in [0.2, 0.25) is 0 Å². The molecule has 0 saturated carbocycles. The normalized spacial score (nSPS) is 15.1. The van der Waals surface area contributed by atoms with Crippen molar-refractivity contribution in [1.82, 2.24) is 20.0 Å². The first-order valence-electron chi connectivity index (χ1n) is 9.78. The first-order valence-corrected chi connectivity index (χ1v) is 9.78. The van der Waals surface area contributed by atoms with Crippen LogP contribution in [-0.2, 0) is 16.6 Å². The molecule has 28 heavy (non-hydrogen) atoms. The molecule has 0 aliphatic carbocycles. The number of hydrogen-bond acceptors (Lipinski definition) is 4. The number of fused-ring (bicyclic) bond motifs is 1. The fraction of sp³-hybridized carbons (Fsp3) is 0.409. The second kappa shape index (κ2) is 7.26. The molecule has 0 spiro atoms. The molecule has 1 aliphatic heterocycles. The predicted octanol–water partition coefficient (Wildman–Crippen LogP) is 4.10. The van der Waals surface area contributed by atoms with E-state index in [2.05, 4.69) is 45.6 Å². The third-order valence-electron chi connectivity index (χ3n) is 5.19. The molecule has 0 saturated heterocycles. The van der Waals surface area contributed by atoms with Gasteiger partial charge in [-0.1, -0.05) is 50.2 Å². The number of carbonyl (C=O) groups is 1. The highest BCUT2D eigenvalue weighted by molar-refractivity contribution is 5.93. The molecule has 146 valence electrons. The molecule has 3 heterocycles. The van der Waals surface area contributed by atoms with E-state index in [1.54, 1.807) is 0 Å². The van der Waals surface area contributed by atoms with Gasteiger partial charge in [-0.2, -0.15) is 4.98 Å². The van der Waals surface area contributed by atoms with Gasteiger partial charge in [-0.05, 0) is 18.1 Å². The smallest absolute Gasteiger partial charge is 0.227 e. The van der Waals surface area contributed by atoms with Gasteiger partial charge in [0, 0.05) is 54.0 Å². The van der Waals surface area contributed by atoms with Crippen molar-refractivity contribution in [2.75, 3.05) is 13.1 Å². The van der Waals surface area contributed by atoms with Crippen LogP contribution in [-0.4, -0.2) is 39.0 Å². The molecule has 4 rings (SSSR count). The van der Waals surface area contributed by atoms with E-state index >= 15 is 0 Å². The van der Waals surface area contributed by atoms with Crippen molar-refractivity contribution in [3.63, 3.8) is 0 Å². The van der Waals surface area contributed by atoms with Crippen LogP contribution in [0.5, 0.6) is 0 Å². The number of aryl methyl sites for hydroxylation is 1. The van der Waals surface area contributed by atoms with Crippen molar-refractivity contribution in [2.24, 2.45) is 0 Å². The Kier molecular flexibility index (Phi) is 4.79. The lowest BCUT2D eigenvalue weighted by Gasteiger charge is -2.26. The van der Waals surface area contributed by atoms with Crippen molar-refractivity contribution in [3.05, 3.63) is 53.8 Å². The van der Waals surface area contributed by atoms with Gasteiger partial charge < -0.3 is 14.4 Å². The standard InChI is InChI=1S/C22H26N4O2/c1-22(2,3)21-24-19(28-25-21)8-9-20(27)26-12-10-15(11-13-26)17-14-23-18-7-5-4-6-16(17)18/h4-7,10,14,23H,8-9,11-13H2,1-3H3. The van der Waals surface area contributed by atoms with Gasteiger partial charge in [0.1, 0.15) is 0 Å². The van der Waals surface area contributed by atoms with Crippen molar-refractivity contribution >= 4 is 22.4 Å². The molecule has 0 unspecified atom stereocenters. The minimum absolute atomic E-state index is 0.129. The largest absolute Gasteiger partial charge is 0.361 e. The number of aromatic amines is 1. The van der Waals surface area contributed by atoms with E-state index < -0.39 is 0 Å². The molecule has 1 N–H and O–H groups in total. The number of nitrogens with zero attached hydrogens (tertiary/aromatic N) is 3. The van der Waals surface area contributed by atoms with Crippen LogP contribution in [0.1, 0.15) is 50.9 Å². The average Bonchev–Trinajstić information content (AvgIpc) is 3.33. The van der Waals surface area contributed by atoms with Crippen LogP contribution >= 0.6 is 0 Å². The van der Waals surface area contributed by atoms with E-state index in [4.69, 9.17) is 4.52 Å². The molecule has 0 bridgehead atoms. The summed E-state index contributed by atoms with van der Waals surface area (Å²) in [6.45, 7) is 7.50. The highest BCUT2D eigenvalue weighted by atomic mass is 16.5. The minimum atomic E-state index is -0.151. The van der Waals surface area contributed by atoms with Gasteiger partial charge in [0.2, 0.25) is 11.8 Å². The van der Waals surface area contributed by atoms with Gasteiger partial charge in [0.25, 0.3) is 0 Å². The number of amides is 1. The lowest BCUT2D eigenvalue weighted by atomic mass is 9.96. The molecule has 0 atom stereocenters. The number of para-hydroxylation sites is 1. The quantitative estimate of drug-likeness (QED) is 0.742. The summed E-state index contributed by atoms with van der Waals surface area (Å²) in [6.07, 6.45) is 5.97. The van der Waals surface area contributed by atoms with Gasteiger partial charge >= 0.3 is 0 Å². The van der Waals surface area contributed by atoms with Crippen LogP contribution in [0.4, 0.5) is 0 Å². The highest BCUT2D eigenvalue weighted by Gasteiger charge is 2.23. The molecule has 6 heteroatoms. The molecular weight excluding hydrogens is 352 g/mol. The summed E-state index contributed by atoms with van der Waals surface area (Å²) in [5.41, 5.74) is 3.53. The van der Waals surface area contributed by atoms with Gasteiger partial charge in [-0.3, -0.25) is 4.79 Å². The van der Waals surface area contributed by atoms with Gasteiger partial charge in [-0.15, -0.1) is 0 Å². The fourth-order valence-corrected chi connectivity index (χ4v) is 3.51. The van der Waals surface area contributed by atoms with Crippen LogP contribution in [0.15, 0.2) is 41.1 Å². The zero-order valence-electron chi connectivity index (χ0n) is 16.7. The van der Waals surface area contributed by atoms with E-state index in [0.717, 1.165) is 18.5 Å². The predicted molar refractivity (Wildman–Crippen MR) is 109 cm³/mol. The van der Waals surface area contributed by atoms with Crippen molar-refractivity contribution in [3.8, 4) is 0 Å². The number of benzene rings is 1. The Bertz CT molecular complexity index is 1020. The second-order valence-electron chi connectivity index (χ2n) is 8.33. The molecule has 3 aromatic rings. The van der Waals surface area contributed by atoms with Crippen LogP contribution in [0.25, 0.3) is 16.5 Å². The van der Waals surface area contributed by atoms with Crippen LogP contribution in [0.3, 0.4) is 0 Å². The Labute approximate surface area is 164 Å². The maximum Gasteiger partial charge on any atom is 0.227 e. The molecule has 0 radical (unpaired) electrons. The van der Waals surface area contributed by atoms with Crippen molar-refractivity contribution < 1.29 is 9.32 Å². The lowest BCUT2D eigenvalue weighted by Crippen LogP contribution is -2.34. The fourth-order valence-electron chi connectivity index (χ4n) is 3.51. The Balaban J connectivity index is 1.36. The Morgan fingerprint density at radius 2 is 2.11 bits per heavy atom. The number of nitrogens with one attached hydrogen (secondary N) is 1. The van der Waals surface area contributed by atoms with Gasteiger partial charge in [-0.25, -0.2) is 0 Å².